The van der Waals surface area contributed by atoms with Gasteiger partial charge >= 0.3 is 7.82 Å². The van der Waals surface area contributed by atoms with Crippen LogP contribution in [0.1, 0.15) is 341 Å². The third-order valence-electron chi connectivity index (χ3n) is 15.6. The number of nitrogens with one attached hydrogen (secondary N) is 1. The van der Waals surface area contributed by atoms with E-state index in [1.807, 2.05) is 27.2 Å². The van der Waals surface area contributed by atoms with Crippen LogP contribution in [0, 0.1) is 0 Å². The normalized spacial score (nSPS) is 13.9. The van der Waals surface area contributed by atoms with Gasteiger partial charge in [-0.05, 0) is 57.8 Å². The van der Waals surface area contributed by atoms with Crippen molar-refractivity contribution in [3.63, 3.8) is 0 Å². The first-order valence-electron chi connectivity index (χ1n) is 33.9. The lowest BCUT2D eigenvalue weighted by molar-refractivity contribution is -0.870. The number of amides is 1. The lowest BCUT2D eigenvalue weighted by Gasteiger charge is -2.25. The predicted molar refractivity (Wildman–Crippen MR) is 337 cm³/mol. The van der Waals surface area contributed by atoms with Gasteiger partial charge in [-0.25, -0.2) is 4.57 Å². The largest absolute Gasteiger partial charge is 0.472 e. The molecule has 0 spiro atoms. The minimum atomic E-state index is -4.36. The molecule has 3 atom stereocenters. The average molecular weight is 1110 g/mol. The fourth-order valence-electron chi connectivity index (χ4n) is 10.3. The van der Waals surface area contributed by atoms with E-state index in [1.54, 1.807) is 6.08 Å². The Kier molecular flexibility index (Phi) is 58.4. The number of nitrogens with zero attached hydrogens (tertiary/aromatic N) is 1. The van der Waals surface area contributed by atoms with Crippen molar-refractivity contribution in [3.8, 4) is 0 Å². The fraction of sp³-hybridized carbons (Fsp3) is 0.897. The van der Waals surface area contributed by atoms with Gasteiger partial charge < -0.3 is 19.8 Å². The maximum absolute atomic E-state index is 13.0. The molecular weight excluding hydrogens is 972 g/mol. The number of phosphoric ester groups is 1. The predicted octanol–water partition coefficient (Wildman–Crippen LogP) is 21.3. The van der Waals surface area contributed by atoms with Gasteiger partial charge in [0.1, 0.15) is 13.2 Å². The van der Waals surface area contributed by atoms with E-state index in [-0.39, 0.29) is 19.1 Å². The quantitative estimate of drug-likeness (QED) is 0.0243. The Balaban J connectivity index is 4.10. The number of hydrogen-bond acceptors (Lipinski definition) is 5. The minimum Gasteiger partial charge on any atom is -0.387 e. The summed E-state index contributed by atoms with van der Waals surface area (Å²) in [6, 6.07) is -0.865. The number of phosphoric acid groups is 1. The molecule has 0 saturated carbocycles. The lowest BCUT2D eigenvalue weighted by Crippen LogP contribution is -2.45. The zero-order valence-corrected chi connectivity index (χ0v) is 53.1. The number of likely N-dealkylation sites (N-methyl/N-ethyl adjacent to an activating group) is 1. The topological polar surface area (TPSA) is 105 Å². The number of rotatable bonds is 63. The van der Waals surface area contributed by atoms with Crippen molar-refractivity contribution < 1.29 is 32.9 Å². The number of carbonyl (C=O) groups is 1. The van der Waals surface area contributed by atoms with Gasteiger partial charge in [0.25, 0.3) is 0 Å². The minimum absolute atomic E-state index is 0.0571. The number of unbranched alkanes of at least 4 members (excludes halogenated alkanes) is 46. The molecule has 0 radical (unpaired) electrons. The van der Waals surface area contributed by atoms with Gasteiger partial charge in [0.05, 0.1) is 39.9 Å². The molecule has 0 aromatic rings. The standard InChI is InChI=1S/C68H133N2O6P/c1-6-8-10-12-14-16-18-20-22-24-26-28-30-31-32-33-34-35-36-37-38-40-41-43-45-47-49-51-53-55-57-59-61-67(71)66(65-76-77(73,74)75-64-63-70(3,4)5)69-68(72)62-60-58-56-54-52-50-48-46-44-42-39-29-27-25-23-21-19-17-15-13-11-9-7-2/h25,27,51,53,59,61,66-67,71H,6-24,26,28-50,52,54-58,60,62-65H2,1-5H3,(H-,69,72,73,74)/p+1/b27-25-,53-51+,61-59+. The molecule has 0 aliphatic heterocycles. The van der Waals surface area contributed by atoms with Crippen molar-refractivity contribution in [2.45, 2.75) is 353 Å². The molecule has 0 saturated heterocycles. The molecule has 9 heteroatoms. The Morgan fingerprint density at radius 1 is 0.429 bits per heavy atom. The summed E-state index contributed by atoms with van der Waals surface area (Å²) in [6.07, 6.45) is 78.6. The van der Waals surface area contributed by atoms with Crippen molar-refractivity contribution in [2.75, 3.05) is 40.9 Å². The van der Waals surface area contributed by atoms with E-state index < -0.39 is 20.0 Å². The van der Waals surface area contributed by atoms with E-state index in [1.165, 1.54) is 283 Å². The molecule has 0 aliphatic carbocycles. The number of carbonyl (C=O) groups excluding carboxylic acids is 1. The third-order valence-corrected chi connectivity index (χ3v) is 16.6. The smallest absolute Gasteiger partial charge is 0.387 e. The summed E-state index contributed by atoms with van der Waals surface area (Å²) in [7, 11) is 1.57. The molecule has 0 heterocycles. The van der Waals surface area contributed by atoms with Crippen LogP contribution in [0.15, 0.2) is 36.5 Å². The van der Waals surface area contributed by atoms with Gasteiger partial charge in [-0.2, -0.15) is 0 Å². The highest BCUT2D eigenvalue weighted by molar-refractivity contribution is 7.47. The molecule has 3 unspecified atom stereocenters. The van der Waals surface area contributed by atoms with E-state index in [2.05, 4.69) is 43.5 Å². The second-order valence-corrected chi connectivity index (χ2v) is 26.0. The van der Waals surface area contributed by atoms with E-state index in [0.29, 0.717) is 17.4 Å². The molecule has 0 fully saturated rings. The van der Waals surface area contributed by atoms with Gasteiger partial charge in [-0.1, -0.05) is 314 Å². The Labute approximate surface area is 480 Å². The zero-order valence-electron chi connectivity index (χ0n) is 52.2. The van der Waals surface area contributed by atoms with Gasteiger partial charge in [0.15, 0.2) is 0 Å². The van der Waals surface area contributed by atoms with E-state index in [0.717, 1.165) is 38.5 Å². The van der Waals surface area contributed by atoms with Crippen LogP contribution in [-0.4, -0.2) is 73.4 Å². The lowest BCUT2D eigenvalue weighted by atomic mass is 10.0. The first-order valence-corrected chi connectivity index (χ1v) is 35.4. The molecule has 0 aliphatic rings. The summed E-state index contributed by atoms with van der Waals surface area (Å²) in [5.41, 5.74) is 0. The van der Waals surface area contributed by atoms with Gasteiger partial charge in [0, 0.05) is 6.42 Å². The number of quaternary nitrogens is 1. The van der Waals surface area contributed by atoms with Crippen molar-refractivity contribution in [1.82, 2.24) is 5.32 Å². The van der Waals surface area contributed by atoms with Crippen LogP contribution in [0.5, 0.6) is 0 Å². The SMILES string of the molecule is CCCCCCCCCC/C=C\CCCCCCCCCCCCCC(=O)NC(COP(=O)(O)OCC[N+](C)(C)C)C(O)/C=C/CC/C=C/CCCCCCCCCCCCCCCCCCCCCCCCCCCC. The van der Waals surface area contributed by atoms with E-state index in [4.69, 9.17) is 9.05 Å². The number of aliphatic hydroxyl groups is 1. The fourth-order valence-corrected chi connectivity index (χ4v) is 11.0. The highest BCUT2D eigenvalue weighted by Crippen LogP contribution is 2.43. The second kappa shape index (κ2) is 59.3. The van der Waals surface area contributed by atoms with Gasteiger partial charge in [0.2, 0.25) is 5.91 Å². The van der Waals surface area contributed by atoms with Crippen molar-refractivity contribution in [2.24, 2.45) is 0 Å². The zero-order chi connectivity index (χ0) is 56.3. The van der Waals surface area contributed by atoms with Crippen molar-refractivity contribution >= 4 is 13.7 Å². The highest BCUT2D eigenvalue weighted by atomic mass is 31.2. The number of hydrogen-bond donors (Lipinski definition) is 3. The molecule has 0 bridgehead atoms. The molecular formula is C68H134N2O6P+. The monoisotopic (exact) mass is 1110 g/mol. The van der Waals surface area contributed by atoms with Crippen LogP contribution >= 0.6 is 7.82 Å². The molecule has 0 aromatic heterocycles. The molecule has 77 heavy (non-hydrogen) atoms. The number of aliphatic hydroxyl groups excluding tert-OH is 1. The second-order valence-electron chi connectivity index (χ2n) is 24.5. The van der Waals surface area contributed by atoms with E-state index in [9.17, 15) is 19.4 Å². The van der Waals surface area contributed by atoms with Crippen LogP contribution in [0.25, 0.3) is 0 Å². The maximum atomic E-state index is 13.0. The molecule has 0 rings (SSSR count). The van der Waals surface area contributed by atoms with E-state index >= 15 is 0 Å². The summed E-state index contributed by atoms with van der Waals surface area (Å²) in [5.74, 6) is -0.183. The highest BCUT2D eigenvalue weighted by Gasteiger charge is 2.28. The molecule has 456 valence electrons. The molecule has 8 nitrogen and oxygen atoms in total. The first kappa shape index (κ1) is 75.7. The van der Waals surface area contributed by atoms with Crippen LogP contribution in [-0.2, 0) is 18.4 Å². The Bertz CT molecular complexity index is 1350. The van der Waals surface area contributed by atoms with Crippen molar-refractivity contribution in [1.29, 1.82) is 0 Å². The maximum Gasteiger partial charge on any atom is 0.472 e. The van der Waals surface area contributed by atoms with Crippen LogP contribution < -0.4 is 5.32 Å². The summed E-state index contributed by atoms with van der Waals surface area (Å²) in [4.78, 5) is 23.4. The summed E-state index contributed by atoms with van der Waals surface area (Å²) in [5, 5.41) is 14.0. The van der Waals surface area contributed by atoms with Crippen LogP contribution in [0.3, 0.4) is 0 Å². The van der Waals surface area contributed by atoms with Crippen LogP contribution in [0.4, 0.5) is 0 Å². The van der Waals surface area contributed by atoms with Gasteiger partial charge in [-0.3, -0.25) is 13.8 Å². The Morgan fingerprint density at radius 3 is 1.04 bits per heavy atom. The third kappa shape index (κ3) is 62.2. The molecule has 1 amide bonds. The Morgan fingerprint density at radius 2 is 0.714 bits per heavy atom. The molecule has 3 N–H and O–H groups in total. The Hall–Kier alpha value is -1.28. The number of allylic oxidation sites excluding steroid dienone is 5. The summed E-state index contributed by atoms with van der Waals surface area (Å²) in [6.45, 7) is 4.85. The van der Waals surface area contributed by atoms with Gasteiger partial charge in [-0.15, -0.1) is 0 Å². The van der Waals surface area contributed by atoms with Crippen molar-refractivity contribution in [3.05, 3.63) is 36.5 Å². The average Bonchev–Trinajstić information content (AvgIpc) is 3.39. The summed E-state index contributed by atoms with van der Waals surface area (Å²) >= 11 is 0. The first-order chi connectivity index (χ1) is 37.5. The van der Waals surface area contributed by atoms with Crippen LogP contribution in [0.2, 0.25) is 0 Å². The summed E-state index contributed by atoms with van der Waals surface area (Å²) < 4.78 is 23.8. The molecule has 0 aromatic carbocycles.